The molecule has 20 heavy (non-hydrogen) atoms. The van der Waals surface area contributed by atoms with Gasteiger partial charge < -0.3 is 14.2 Å². The fraction of sp³-hybridized carbons (Fsp3) is 0.600. The van der Waals surface area contributed by atoms with E-state index in [1.807, 2.05) is 17.2 Å². The lowest BCUT2D eigenvalue weighted by Gasteiger charge is -2.27. The van der Waals surface area contributed by atoms with Crippen molar-refractivity contribution in [1.82, 2.24) is 9.47 Å². The zero-order valence-corrected chi connectivity index (χ0v) is 11.6. The SMILES string of the molecule is O=C1CCCc2c1ccn2CCC(=O)N1CCOCC1. The van der Waals surface area contributed by atoms with Crippen LogP contribution in [-0.2, 0) is 22.5 Å². The van der Waals surface area contributed by atoms with Crippen LogP contribution in [0.3, 0.4) is 0 Å². The predicted octanol–water partition coefficient (Wildman–Crippen LogP) is 1.26. The molecule has 1 fully saturated rings. The van der Waals surface area contributed by atoms with Crippen LogP contribution in [0, 0.1) is 0 Å². The highest BCUT2D eigenvalue weighted by atomic mass is 16.5. The molecule has 1 saturated heterocycles. The number of Topliss-reactive ketones (excluding diaryl/α,β-unsaturated/α-hetero) is 1. The van der Waals surface area contributed by atoms with Crippen molar-refractivity contribution in [3.8, 4) is 0 Å². The molecule has 1 amide bonds. The largest absolute Gasteiger partial charge is 0.378 e. The van der Waals surface area contributed by atoms with Crippen LogP contribution >= 0.6 is 0 Å². The molecule has 0 radical (unpaired) electrons. The van der Waals surface area contributed by atoms with Gasteiger partial charge >= 0.3 is 0 Å². The van der Waals surface area contributed by atoms with Crippen LogP contribution in [0.15, 0.2) is 12.3 Å². The Morgan fingerprint density at radius 2 is 2.05 bits per heavy atom. The number of morpholine rings is 1. The summed E-state index contributed by atoms with van der Waals surface area (Å²) in [7, 11) is 0. The van der Waals surface area contributed by atoms with Gasteiger partial charge in [0.1, 0.15) is 0 Å². The Bertz CT molecular complexity index is 515. The third kappa shape index (κ3) is 2.63. The van der Waals surface area contributed by atoms with E-state index in [1.54, 1.807) is 0 Å². The van der Waals surface area contributed by atoms with Gasteiger partial charge in [0.05, 0.1) is 13.2 Å². The van der Waals surface area contributed by atoms with E-state index in [2.05, 4.69) is 4.57 Å². The number of fused-ring (bicyclic) bond motifs is 1. The smallest absolute Gasteiger partial charge is 0.224 e. The average molecular weight is 276 g/mol. The minimum Gasteiger partial charge on any atom is -0.378 e. The number of carbonyl (C=O) groups is 2. The average Bonchev–Trinajstić information content (AvgIpc) is 2.90. The molecular formula is C15H20N2O3. The van der Waals surface area contributed by atoms with Crippen molar-refractivity contribution in [1.29, 1.82) is 0 Å². The summed E-state index contributed by atoms with van der Waals surface area (Å²) in [6, 6.07) is 1.90. The molecule has 0 spiro atoms. The van der Waals surface area contributed by atoms with E-state index < -0.39 is 0 Å². The second-order valence-electron chi connectivity index (χ2n) is 5.39. The molecule has 3 rings (SSSR count). The molecule has 1 aromatic heterocycles. The Morgan fingerprint density at radius 1 is 1.25 bits per heavy atom. The lowest BCUT2D eigenvalue weighted by atomic mass is 9.97. The number of amides is 1. The minimum absolute atomic E-state index is 0.179. The zero-order chi connectivity index (χ0) is 13.9. The molecule has 108 valence electrons. The number of aryl methyl sites for hydroxylation is 1. The molecule has 0 aromatic carbocycles. The lowest BCUT2D eigenvalue weighted by molar-refractivity contribution is -0.135. The van der Waals surface area contributed by atoms with E-state index in [9.17, 15) is 9.59 Å². The van der Waals surface area contributed by atoms with Crippen molar-refractivity contribution in [3.05, 3.63) is 23.5 Å². The summed E-state index contributed by atoms with van der Waals surface area (Å²) < 4.78 is 7.32. The molecule has 1 aliphatic carbocycles. The standard InChI is InChI=1S/C15H20N2O3/c18-14-3-1-2-13-12(14)4-6-16(13)7-5-15(19)17-8-10-20-11-9-17/h4,6H,1-3,5,7-11H2. The fourth-order valence-corrected chi connectivity index (χ4v) is 2.99. The Hall–Kier alpha value is -1.62. The monoisotopic (exact) mass is 276 g/mol. The first-order valence-electron chi connectivity index (χ1n) is 7.32. The molecule has 0 bridgehead atoms. The Balaban J connectivity index is 1.61. The Labute approximate surface area is 118 Å². The maximum atomic E-state index is 12.1. The molecular weight excluding hydrogens is 256 g/mol. The summed E-state index contributed by atoms with van der Waals surface area (Å²) in [5.41, 5.74) is 1.96. The van der Waals surface area contributed by atoms with Crippen LogP contribution in [0.25, 0.3) is 0 Å². The number of ketones is 1. The number of carbonyl (C=O) groups excluding carboxylic acids is 2. The topological polar surface area (TPSA) is 51.5 Å². The van der Waals surface area contributed by atoms with Crippen LogP contribution < -0.4 is 0 Å². The van der Waals surface area contributed by atoms with Gasteiger partial charge in [0.2, 0.25) is 5.91 Å². The van der Waals surface area contributed by atoms with Crippen molar-refractivity contribution < 1.29 is 14.3 Å². The summed E-state index contributed by atoms with van der Waals surface area (Å²) in [6.07, 6.45) is 4.96. The number of aromatic nitrogens is 1. The number of rotatable bonds is 3. The second-order valence-corrected chi connectivity index (χ2v) is 5.39. The van der Waals surface area contributed by atoms with Gasteiger partial charge in [-0.05, 0) is 18.9 Å². The quantitative estimate of drug-likeness (QED) is 0.835. The number of hydrogen-bond acceptors (Lipinski definition) is 3. The normalized spacial score (nSPS) is 19.0. The van der Waals surface area contributed by atoms with E-state index in [4.69, 9.17) is 4.74 Å². The molecule has 0 unspecified atom stereocenters. The summed E-state index contributed by atoms with van der Waals surface area (Å²) in [6.45, 7) is 3.33. The summed E-state index contributed by atoms with van der Waals surface area (Å²) in [5, 5.41) is 0. The van der Waals surface area contributed by atoms with Crippen molar-refractivity contribution in [2.75, 3.05) is 26.3 Å². The first-order chi connectivity index (χ1) is 9.75. The van der Waals surface area contributed by atoms with E-state index in [1.165, 1.54) is 0 Å². The van der Waals surface area contributed by atoms with Crippen LogP contribution in [0.4, 0.5) is 0 Å². The highest BCUT2D eigenvalue weighted by Crippen LogP contribution is 2.22. The first-order valence-corrected chi connectivity index (χ1v) is 7.32. The summed E-state index contributed by atoms with van der Waals surface area (Å²) >= 11 is 0. The molecule has 0 N–H and O–H groups in total. The zero-order valence-electron chi connectivity index (χ0n) is 11.6. The molecule has 0 saturated carbocycles. The van der Waals surface area contributed by atoms with E-state index in [0.717, 1.165) is 24.1 Å². The van der Waals surface area contributed by atoms with Crippen molar-refractivity contribution >= 4 is 11.7 Å². The third-order valence-corrected chi connectivity index (χ3v) is 4.13. The maximum absolute atomic E-state index is 12.1. The summed E-state index contributed by atoms with van der Waals surface area (Å²) in [5.74, 6) is 0.419. The Morgan fingerprint density at radius 3 is 2.85 bits per heavy atom. The van der Waals surface area contributed by atoms with Gasteiger partial charge in [-0.15, -0.1) is 0 Å². The molecule has 1 aromatic rings. The van der Waals surface area contributed by atoms with Crippen LogP contribution in [0.5, 0.6) is 0 Å². The van der Waals surface area contributed by atoms with Gasteiger partial charge in [-0.2, -0.15) is 0 Å². The lowest BCUT2D eigenvalue weighted by Crippen LogP contribution is -2.41. The van der Waals surface area contributed by atoms with E-state index >= 15 is 0 Å². The predicted molar refractivity (Wildman–Crippen MR) is 73.7 cm³/mol. The van der Waals surface area contributed by atoms with Gasteiger partial charge in [0.15, 0.2) is 5.78 Å². The molecule has 1 aliphatic heterocycles. The molecule has 2 heterocycles. The number of hydrogen-bond donors (Lipinski definition) is 0. The van der Waals surface area contributed by atoms with Crippen LogP contribution in [-0.4, -0.2) is 47.5 Å². The van der Waals surface area contributed by atoms with Crippen LogP contribution in [0.1, 0.15) is 35.3 Å². The van der Waals surface area contributed by atoms with Gasteiger partial charge in [0.25, 0.3) is 0 Å². The highest BCUT2D eigenvalue weighted by molar-refractivity contribution is 5.98. The van der Waals surface area contributed by atoms with Crippen LogP contribution in [0.2, 0.25) is 0 Å². The first kappa shape index (κ1) is 13.4. The fourth-order valence-electron chi connectivity index (χ4n) is 2.99. The molecule has 5 heteroatoms. The van der Waals surface area contributed by atoms with Gasteiger partial charge in [-0.1, -0.05) is 0 Å². The Kier molecular flexibility index (Phi) is 3.87. The number of ether oxygens (including phenoxy) is 1. The van der Waals surface area contributed by atoms with E-state index in [0.29, 0.717) is 45.7 Å². The molecule has 5 nitrogen and oxygen atoms in total. The van der Waals surface area contributed by atoms with Gasteiger partial charge in [-0.25, -0.2) is 0 Å². The number of nitrogens with zero attached hydrogens (tertiary/aromatic N) is 2. The summed E-state index contributed by atoms with van der Waals surface area (Å²) in [4.78, 5) is 25.8. The molecule has 0 atom stereocenters. The van der Waals surface area contributed by atoms with Crippen molar-refractivity contribution in [2.45, 2.75) is 32.2 Å². The molecule has 2 aliphatic rings. The van der Waals surface area contributed by atoms with Crippen molar-refractivity contribution in [3.63, 3.8) is 0 Å². The van der Waals surface area contributed by atoms with E-state index in [-0.39, 0.29) is 11.7 Å². The third-order valence-electron chi connectivity index (χ3n) is 4.13. The second kappa shape index (κ2) is 5.79. The minimum atomic E-state index is 0.179. The highest BCUT2D eigenvalue weighted by Gasteiger charge is 2.21. The van der Waals surface area contributed by atoms with Crippen molar-refractivity contribution in [2.24, 2.45) is 0 Å². The van der Waals surface area contributed by atoms with Gasteiger partial charge in [-0.3, -0.25) is 9.59 Å². The van der Waals surface area contributed by atoms with Gasteiger partial charge in [0, 0.05) is 49.9 Å². The maximum Gasteiger partial charge on any atom is 0.224 e.